The maximum Gasteiger partial charge on any atom is 0.435 e. The van der Waals surface area contributed by atoms with E-state index in [0.717, 1.165) is 14.8 Å². The topological polar surface area (TPSA) is 42.7 Å². The second-order valence-corrected chi connectivity index (χ2v) is 5.15. The number of aryl methyl sites for hydroxylation is 2. The monoisotopic (exact) mass is 348 g/mol. The van der Waals surface area contributed by atoms with Gasteiger partial charge in [-0.25, -0.2) is 4.98 Å². The van der Waals surface area contributed by atoms with Crippen LogP contribution in [0.2, 0.25) is 0 Å². The van der Waals surface area contributed by atoms with Crippen molar-refractivity contribution in [2.24, 2.45) is 7.05 Å². The summed E-state index contributed by atoms with van der Waals surface area (Å²) in [5.41, 5.74) is -0.0269. The SMILES string of the molecule is Cc1nc(NCc2cn(C)nc2C(F)(F)F)ccc1Br. The average Bonchev–Trinajstić information content (AvgIpc) is 2.72. The Hall–Kier alpha value is -1.57. The van der Waals surface area contributed by atoms with Crippen LogP contribution in [0.5, 0.6) is 0 Å². The fraction of sp³-hybridized carbons (Fsp3) is 0.333. The third-order valence-corrected chi connectivity index (χ3v) is 3.49. The van der Waals surface area contributed by atoms with Crippen molar-refractivity contribution in [1.82, 2.24) is 14.8 Å². The number of nitrogens with zero attached hydrogens (tertiary/aromatic N) is 3. The fourth-order valence-electron chi connectivity index (χ4n) is 1.73. The third kappa shape index (κ3) is 3.30. The van der Waals surface area contributed by atoms with Crippen LogP contribution < -0.4 is 5.32 Å². The van der Waals surface area contributed by atoms with Gasteiger partial charge in [-0.05, 0) is 35.0 Å². The van der Waals surface area contributed by atoms with Gasteiger partial charge in [-0.3, -0.25) is 4.68 Å². The number of rotatable bonds is 3. The molecule has 2 heterocycles. The molecule has 1 N–H and O–H groups in total. The molecule has 0 unspecified atom stereocenters. The average molecular weight is 349 g/mol. The van der Waals surface area contributed by atoms with Gasteiger partial charge in [0.25, 0.3) is 0 Å². The molecule has 8 heteroatoms. The number of halogens is 4. The minimum absolute atomic E-state index is 0.0107. The van der Waals surface area contributed by atoms with E-state index in [9.17, 15) is 13.2 Å². The summed E-state index contributed by atoms with van der Waals surface area (Å²) in [6, 6.07) is 3.49. The molecule has 0 aliphatic heterocycles. The number of anilines is 1. The van der Waals surface area contributed by atoms with Gasteiger partial charge in [-0.1, -0.05) is 0 Å². The second kappa shape index (κ2) is 5.43. The molecule has 108 valence electrons. The number of alkyl halides is 3. The van der Waals surface area contributed by atoms with Gasteiger partial charge >= 0.3 is 6.18 Å². The molecule has 0 aliphatic carbocycles. The summed E-state index contributed by atoms with van der Waals surface area (Å²) in [5, 5.41) is 6.32. The molecular formula is C12H12BrF3N4. The van der Waals surface area contributed by atoms with Gasteiger partial charge in [0.1, 0.15) is 5.82 Å². The third-order valence-electron chi connectivity index (χ3n) is 2.65. The summed E-state index contributed by atoms with van der Waals surface area (Å²) in [6.45, 7) is 1.82. The van der Waals surface area contributed by atoms with Crippen molar-refractivity contribution in [2.75, 3.05) is 5.32 Å². The molecule has 0 saturated carbocycles. The number of hydrogen-bond acceptors (Lipinski definition) is 3. The Bertz CT molecular complexity index is 622. The lowest BCUT2D eigenvalue weighted by Gasteiger charge is -2.08. The summed E-state index contributed by atoms with van der Waals surface area (Å²) in [7, 11) is 1.46. The van der Waals surface area contributed by atoms with Crippen molar-refractivity contribution in [3.63, 3.8) is 0 Å². The first-order chi connectivity index (χ1) is 9.27. The molecule has 20 heavy (non-hydrogen) atoms. The Morgan fingerprint density at radius 2 is 2.05 bits per heavy atom. The molecule has 0 spiro atoms. The highest BCUT2D eigenvalue weighted by Gasteiger charge is 2.36. The van der Waals surface area contributed by atoms with Crippen molar-refractivity contribution in [3.8, 4) is 0 Å². The lowest BCUT2D eigenvalue weighted by atomic mass is 10.2. The van der Waals surface area contributed by atoms with Gasteiger partial charge in [0.15, 0.2) is 5.69 Å². The van der Waals surface area contributed by atoms with Crippen LogP contribution in [0.1, 0.15) is 17.0 Å². The molecule has 0 aliphatic rings. The van der Waals surface area contributed by atoms with E-state index in [1.165, 1.54) is 13.2 Å². The predicted molar refractivity (Wildman–Crippen MR) is 72.2 cm³/mol. The summed E-state index contributed by atoms with van der Waals surface area (Å²) in [6.07, 6.45) is -3.11. The van der Waals surface area contributed by atoms with E-state index >= 15 is 0 Å². The van der Waals surface area contributed by atoms with Crippen molar-refractivity contribution in [1.29, 1.82) is 0 Å². The van der Waals surface area contributed by atoms with E-state index in [2.05, 4.69) is 31.3 Å². The van der Waals surface area contributed by atoms with Crippen molar-refractivity contribution < 1.29 is 13.2 Å². The van der Waals surface area contributed by atoms with Crippen LogP contribution in [-0.2, 0) is 19.8 Å². The van der Waals surface area contributed by atoms with Crippen LogP contribution in [0.3, 0.4) is 0 Å². The highest BCUT2D eigenvalue weighted by Crippen LogP contribution is 2.30. The molecule has 0 bridgehead atoms. The molecule has 0 radical (unpaired) electrons. The van der Waals surface area contributed by atoms with Gasteiger partial charge in [0.2, 0.25) is 0 Å². The summed E-state index contributed by atoms with van der Waals surface area (Å²) >= 11 is 3.31. The first kappa shape index (κ1) is 14.8. The first-order valence-electron chi connectivity index (χ1n) is 5.74. The minimum atomic E-state index is -4.46. The molecule has 0 atom stereocenters. The predicted octanol–water partition coefficient (Wildman–Crippen LogP) is 3.52. The normalized spacial score (nSPS) is 11.7. The maximum atomic E-state index is 12.8. The number of hydrogen-bond donors (Lipinski definition) is 1. The zero-order valence-corrected chi connectivity index (χ0v) is 12.4. The van der Waals surface area contributed by atoms with E-state index in [0.29, 0.717) is 5.82 Å². The highest BCUT2D eigenvalue weighted by molar-refractivity contribution is 9.10. The van der Waals surface area contributed by atoms with Crippen molar-refractivity contribution >= 4 is 21.7 Å². The molecule has 0 aromatic carbocycles. The summed E-state index contributed by atoms with van der Waals surface area (Å²) in [5.74, 6) is 0.516. The fourth-order valence-corrected chi connectivity index (χ4v) is 1.95. The summed E-state index contributed by atoms with van der Waals surface area (Å²) < 4.78 is 40.3. The lowest BCUT2D eigenvalue weighted by Crippen LogP contribution is -2.12. The zero-order chi connectivity index (χ0) is 14.9. The van der Waals surface area contributed by atoms with Crippen LogP contribution in [0, 0.1) is 6.92 Å². The first-order valence-corrected chi connectivity index (χ1v) is 6.53. The molecular weight excluding hydrogens is 337 g/mol. The molecule has 2 rings (SSSR count). The number of aromatic nitrogens is 3. The lowest BCUT2D eigenvalue weighted by molar-refractivity contribution is -0.142. The van der Waals surface area contributed by atoms with Gasteiger partial charge in [-0.15, -0.1) is 0 Å². The van der Waals surface area contributed by atoms with Crippen molar-refractivity contribution in [2.45, 2.75) is 19.6 Å². The van der Waals surface area contributed by atoms with Gasteiger partial charge in [0.05, 0.1) is 5.69 Å². The van der Waals surface area contributed by atoms with Crippen LogP contribution in [0.4, 0.5) is 19.0 Å². The van der Waals surface area contributed by atoms with Crippen LogP contribution in [-0.4, -0.2) is 14.8 Å². The largest absolute Gasteiger partial charge is 0.435 e. The molecule has 4 nitrogen and oxygen atoms in total. The van der Waals surface area contributed by atoms with E-state index in [1.54, 1.807) is 19.1 Å². The Labute approximate surface area is 122 Å². The zero-order valence-electron chi connectivity index (χ0n) is 10.8. The van der Waals surface area contributed by atoms with Gasteiger partial charge in [0, 0.05) is 29.8 Å². The van der Waals surface area contributed by atoms with E-state index in [1.807, 2.05) is 0 Å². The van der Waals surface area contributed by atoms with Crippen LogP contribution in [0.25, 0.3) is 0 Å². The van der Waals surface area contributed by atoms with Crippen molar-refractivity contribution in [3.05, 3.63) is 39.8 Å². The molecule has 0 saturated heterocycles. The maximum absolute atomic E-state index is 12.8. The molecule has 0 amide bonds. The Morgan fingerprint density at radius 1 is 1.35 bits per heavy atom. The van der Waals surface area contributed by atoms with Crippen LogP contribution in [0.15, 0.2) is 22.8 Å². The molecule has 2 aromatic heterocycles. The standard InChI is InChI=1S/C12H12BrF3N4/c1-7-9(13)3-4-10(18-7)17-5-8-6-20(2)19-11(8)12(14,15)16/h3-4,6H,5H2,1-2H3,(H,17,18). The Morgan fingerprint density at radius 3 is 2.65 bits per heavy atom. The van der Waals surface area contributed by atoms with E-state index in [-0.39, 0.29) is 12.1 Å². The molecule has 0 fully saturated rings. The molecule has 2 aromatic rings. The number of nitrogens with one attached hydrogen (secondary N) is 1. The Kier molecular flexibility index (Phi) is 4.03. The van der Waals surface area contributed by atoms with Gasteiger partial charge < -0.3 is 5.32 Å². The highest BCUT2D eigenvalue weighted by atomic mass is 79.9. The quantitative estimate of drug-likeness (QED) is 0.922. The Balaban J connectivity index is 2.17. The number of pyridine rings is 1. The van der Waals surface area contributed by atoms with E-state index in [4.69, 9.17) is 0 Å². The van der Waals surface area contributed by atoms with Crippen LogP contribution >= 0.6 is 15.9 Å². The minimum Gasteiger partial charge on any atom is -0.366 e. The summed E-state index contributed by atoms with van der Waals surface area (Å²) in [4.78, 5) is 4.22. The van der Waals surface area contributed by atoms with E-state index < -0.39 is 11.9 Å². The van der Waals surface area contributed by atoms with Gasteiger partial charge in [-0.2, -0.15) is 18.3 Å². The smallest absolute Gasteiger partial charge is 0.366 e. The second-order valence-electron chi connectivity index (χ2n) is 4.29.